The maximum atomic E-state index is 9.69. The molecule has 2 N–H and O–H groups in total. The van der Waals surface area contributed by atoms with Crippen molar-refractivity contribution in [2.75, 3.05) is 7.11 Å². The number of phenolic OH excluding ortho intramolecular Hbond substituents is 1. The molecule has 0 radical (unpaired) electrons. The van der Waals surface area contributed by atoms with Crippen molar-refractivity contribution in [2.24, 2.45) is 4.99 Å². The Bertz CT molecular complexity index is 641. The van der Waals surface area contributed by atoms with Crippen molar-refractivity contribution in [3.05, 3.63) is 52.5 Å². The predicted molar refractivity (Wildman–Crippen MR) is 79.3 cm³/mol. The lowest BCUT2D eigenvalue weighted by Gasteiger charge is -2.06. The molecule has 2 aromatic carbocycles. The molecule has 0 aliphatic rings. The highest BCUT2D eigenvalue weighted by Crippen LogP contribution is 2.25. The topological polar surface area (TPSA) is 62.0 Å². The molecule has 0 unspecified atom stereocenters. The molecular weight excluding hydrogens is 278 g/mol. The monoisotopic (exact) mass is 291 g/mol. The van der Waals surface area contributed by atoms with Crippen LogP contribution in [0.4, 0.5) is 5.69 Å². The number of rotatable bonds is 4. The zero-order valence-electron chi connectivity index (χ0n) is 10.9. The van der Waals surface area contributed by atoms with E-state index in [0.717, 1.165) is 0 Å². The average Bonchev–Trinajstić information content (AvgIpc) is 2.47. The molecule has 0 spiro atoms. The number of benzene rings is 2. The van der Waals surface area contributed by atoms with E-state index in [4.69, 9.17) is 16.3 Å². The van der Waals surface area contributed by atoms with Crippen LogP contribution in [0.3, 0.4) is 0 Å². The Balaban J connectivity index is 2.29. The minimum Gasteiger partial charge on any atom is -0.507 e. The molecule has 0 aliphatic heterocycles. The van der Waals surface area contributed by atoms with Crippen molar-refractivity contribution in [3.63, 3.8) is 0 Å². The molecule has 0 amide bonds. The number of aromatic hydroxyl groups is 1. The van der Waals surface area contributed by atoms with Crippen molar-refractivity contribution >= 4 is 23.5 Å². The fourth-order valence-corrected chi connectivity index (χ4v) is 1.92. The second-order valence-electron chi connectivity index (χ2n) is 4.12. The van der Waals surface area contributed by atoms with Crippen LogP contribution in [0, 0.1) is 0 Å². The molecule has 0 heterocycles. The first-order valence-corrected chi connectivity index (χ1v) is 6.32. The second kappa shape index (κ2) is 6.41. The van der Waals surface area contributed by atoms with Crippen LogP contribution in [-0.2, 0) is 6.61 Å². The second-order valence-corrected chi connectivity index (χ2v) is 4.55. The number of nitrogens with zero attached hydrogens (tertiary/aromatic N) is 1. The number of methoxy groups -OCH3 is 1. The number of hydrogen-bond acceptors (Lipinski definition) is 4. The van der Waals surface area contributed by atoms with Crippen LogP contribution < -0.4 is 4.74 Å². The summed E-state index contributed by atoms with van der Waals surface area (Å²) < 4.78 is 5.12. The van der Waals surface area contributed by atoms with E-state index in [-0.39, 0.29) is 12.4 Å². The van der Waals surface area contributed by atoms with Gasteiger partial charge in [-0.05, 0) is 36.4 Å². The highest BCUT2D eigenvalue weighted by molar-refractivity contribution is 6.30. The molecular formula is C15H14ClNO3. The van der Waals surface area contributed by atoms with E-state index in [9.17, 15) is 10.2 Å². The molecule has 0 fully saturated rings. The zero-order chi connectivity index (χ0) is 14.5. The fraction of sp³-hybridized carbons (Fsp3) is 0.133. The maximum absolute atomic E-state index is 9.69. The normalized spacial score (nSPS) is 10.9. The van der Waals surface area contributed by atoms with E-state index in [0.29, 0.717) is 27.6 Å². The highest BCUT2D eigenvalue weighted by Gasteiger charge is 2.03. The van der Waals surface area contributed by atoms with Crippen LogP contribution in [0.15, 0.2) is 41.4 Å². The third-order valence-electron chi connectivity index (χ3n) is 2.78. The van der Waals surface area contributed by atoms with E-state index in [1.54, 1.807) is 37.4 Å². The minimum absolute atomic E-state index is 0.106. The summed E-state index contributed by atoms with van der Waals surface area (Å²) in [5.41, 5.74) is 1.82. The standard InChI is InChI=1S/C15H14ClNO3/c1-20-15-5-3-13(7-11(15)9-18)17-8-10-6-12(16)2-4-14(10)19/h2-8,18-19H,9H2,1H3. The Hall–Kier alpha value is -2.04. The van der Waals surface area contributed by atoms with Gasteiger partial charge in [-0.3, -0.25) is 4.99 Å². The summed E-state index contributed by atoms with van der Waals surface area (Å²) >= 11 is 5.86. The summed E-state index contributed by atoms with van der Waals surface area (Å²) in [5, 5.41) is 19.5. The largest absolute Gasteiger partial charge is 0.507 e. The van der Waals surface area contributed by atoms with Crippen molar-refractivity contribution in [1.82, 2.24) is 0 Å². The van der Waals surface area contributed by atoms with E-state index < -0.39 is 0 Å². The molecule has 2 aromatic rings. The number of aliphatic hydroxyl groups excluding tert-OH is 1. The fourth-order valence-electron chi connectivity index (χ4n) is 1.74. The van der Waals surface area contributed by atoms with Gasteiger partial charge in [0.2, 0.25) is 0 Å². The van der Waals surface area contributed by atoms with Gasteiger partial charge in [-0.2, -0.15) is 0 Å². The first-order chi connectivity index (χ1) is 9.63. The van der Waals surface area contributed by atoms with Crippen molar-refractivity contribution in [2.45, 2.75) is 6.61 Å². The molecule has 0 saturated heterocycles. The Morgan fingerprint density at radius 1 is 1.25 bits per heavy atom. The van der Waals surface area contributed by atoms with Gasteiger partial charge in [0.15, 0.2) is 0 Å². The molecule has 4 nitrogen and oxygen atoms in total. The molecule has 2 rings (SSSR count). The van der Waals surface area contributed by atoms with E-state index in [1.807, 2.05) is 0 Å². The summed E-state index contributed by atoms with van der Waals surface area (Å²) in [6.07, 6.45) is 1.52. The quantitative estimate of drug-likeness (QED) is 0.850. The van der Waals surface area contributed by atoms with Crippen LogP contribution in [0.25, 0.3) is 0 Å². The maximum Gasteiger partial charge on any atom is 0.124 e. The number of aliphatic imine (C=N–C) groups is 1. The number of halogens is 1. The molecule has 20 heavy (non-hydrogen) atoms. The van der Waals surface area contributed by atoms with Gasteiger partial charge in [0.25, 0.3) is 0 Å². The van der Waals surface area contributed by atoms with Gasteiger partial charge >= 0.3 is 0 Å². The van der Waals surface area contributed by atoms with Crippen LogP contribution in [-0.4, -0.2) is 23.5 Å². The first kappa shape index (κ1) is 14.4. The average molecular weight is 292 g/mol. The molecule has 0 aromatic heterocycles. The number of phenols is 1. The lowest BCUT2D eigenvalue weighted by atomic mass is 10.2. The van der Waals surface area contributed by atoms with Gasteiger partial charge in [-0.15, -0.1) is 0 Å². The van der Waals surface area contributed by atoms with Crippen LogP contribution in [0.5, 0.6) is 11.5 Å². The van der Waals surface area contributed by atoms with Gasteiger partial charge in [-0.25, -0.2) is 0 Å². The third-order valence-corrected chi connectivity index (χ3v) is 3.01. The lowest BCUT2D eigenvalue weighted by molar-refractivity contribution is 0.274. The highest BCUT2D eigenvalue weighted by atomic mass is 35.5. The molecule has 104 valence electrons. The zero-order valence-corrected chi connectivity index (χ0v) is 11.6. The van der Waals surface area contributed by atoms with Crippen LogP contribution >= 0.6 is 11.6 Å². The summed E-state index contributed by atoms with van der Waals surface area (Å²) in [6, 6.07) is 9.95. The first-order valence-electron chi connectivity index (χ1n) is 5.94. The summed E-state index contributed by atoms with van der Waals surface area (Å²) in [6.45, 7) is -0.130. The lowest BCUT2D eigenvalue weighted by Crippen LogP contribution is -1.91. The Labute approximate surface area is 121 Å². The summed E-state index contributed by atoms with van der Waals surface area (Å²) in [7, 11) is 1.54. The van der Waals surface area contributed by atoms with Crippen molar-refractivity contribution in [3.8, 4) is 11.5 Å². The molecule has 0 aliphatic carbocycles. The van der Waals surface area contributed by atoms with Gasteiger partial charge in [-0.1, -0.05) is 11.6 Å². The molecule has 0 atom stereocenters. The van der Waals surface area contributed by atoms with Crippen molar-refractivity contribution in [1.29, 1.82) is 0 Å². The number of ether oxygens (including phenoxy) is 1. The third kappa shape index (κ3) is 3.29. The smallest absolute Gasteiger partial charge is 0.124 e. The number of aliphatic hydroxyl groups is 1. The van der Waals surface area contributed by atoms with E-state index in [1.165, 1.54) is 12.3 Å². The minimum atomic E-state index is -0.130. The van der Waals surface area contributed by atoms with Gasteiger partial charge in [0.05, 0.1) is 19.4 Å². The van der Waals surface area contributed by atoms with Gasteiger partial charge in [0, 0.05) is 22.4 Å². The van der Waals surface area contributed by atoms with E-state index in [2.05, 4.69) is 4.99 Å². The van der Waals surface area contributed by atoms with Gasteiger partial charge < -0.3 is 14.9 Å². The van der Waals surface area contributed by atoms with Crippen LogP contribution in [0.2, 0.25) is 5.02 Å². The summed E-state index contributed by atoms with van der Waals surface area (Å²) in [4.78, 5) is 4.25. The van der Waals surface area contributed by atoms with E-state index >= 15 is 0 Å². The number of hydrogen-bond donors (Lipinski definition) is 2. The molecule has 5 heteroatoms. The Morgan fingerprint density at radius 2 is 2.05 bits per heavy atom. The molecule has 0 saturated carbocycles. The predicted octanol–water partition coefficient (Wildman–Crippen LogP) is 3.30. The SMILES string of the molecule is COc1ccc(N=Cc2cc(Cl)ccc2O)cc1CO. The summed E-state index contributed by atoms with van der Waals surface area (Å²) in [5.74, 6) is 0.714. The molecule has 0 bridgehead atoms. The van der Waals surface area contributed by atoms with Crippen LogP contribution in [0.1, 0.15) is 11.1 Å². The Kier molecular flexibility index (Phi) is 4.61. The Morgan fingerprint density at radius 3 is 2.75 bits per heavy atom. The van der Waals surface area contributed by atoms with Crippen molar-refractivity contribution < 1.29 is 14.9 Å². The van der Waals surface area contributed by atoms with Gasteiger partial charge in [0.1, 0.15) is 11.5 Å².